The van der Waals surface area contributed by atoms with Gasteiger partial charge in [0.05, 0.1) is 16.8 Å². The van der Waals surface area contributed by atoms with Crippen LogP contribution in [0.4, 0.5) is 5.69 Å². The van der Waals surface area contributed by atoms with Gasteiger partial charge in [-0.05, 0) is 18.8 Å². The van der Waals surface area contributed by atoms with E-state index in [9.17, 15) is 9.90 Å². The third-order valence-electron chi connectivity index (χ3n) is 3.90. The van der Waals surface area contributed by atoms with Crippen molar-refractivity contribution < 1.29 is 5.11 Å². The van der Waals surface area contributed by atoms with Crippen molar-refractivity contribution in [3.05, 3.63) is 21.6 Å². The lowest BCUT2D eigenvalue weighted by Crippen LogP contribution is -2.42. The lowest BCUT2D eigenvalue weighted by atomic mass is 9.79. The van der Waals surface area contributed by atoms with Crippen LogP contribution >= 0.6 is 11.6 Å². The minimum Gasteiger partial charge on any atom is -0.388 e. The van der Waals surface area contributed by atoms with E-state index in [0.29, 0.717) is 12.5 Å². The first kappa shape index (κ1) is 15.9. The van der Waals surface area contributed by atoms with E-state index in [4.69, 9.17) is 18.0 Å². The Balaban J connectivity index is 2.15. The summed E-state index contributed by atoms with van der Waals surface area (Å²) >= 11 is 6.02. The van der Waals surface area contributed by atoms with Crippen LogP contribution in [0.5, 0.6) is 0 Å². The molecule has 1 aliphatic carbocycles. The molecular weight excluding hydrogens is 290 g/mol. The average Bonchev–Trinajstić information content (AvgIpc) is 2.41. The van der Waals surface area contributed by atoms with E-state index in [0.717, 1.165) is 25.7 Å². The molecule has 0 bridgehead atoms. The summed E-state index contributed by atoms with van der Waals surface area (Å²) in [5.41, 5.74) is -0.922. The van der Waals surface area contributed by atoms with Crippen LogP contribution in [0, 0.1) is 18.3 Å². The van der Waals surface area contributed by atoms with Crippen LogP contribution in [0.2, 0.25) is 5.02 Å². The van der Waals surface area contributed by atoms with Crippen molar-refractivity contribution in [2.75, 3.05) is 11.9 Å². The Labute approximate surface area is 129 Å². The first-order valence-electron chi connectivity index (χ1n) is 7.10. The van der Waals surface area contributed by atoms with Crippen molar-refractivity contribution >= 4 is 17.3 Å². The fourth-order valence-electron chi connectivity index (χ4n) is 2.87. The van der Waals surface area contributed by atoms with Gasteiger partial charge in [-0.1, -0.05) is 37.3 Å². The van der Waals surface area contributed by atoms with E-state index >= 15 is 0 Å². The highest BCUT2D eigenvalue weighted by Gasteiger charge is 2.32. The lowest BCUT2D eigenvalue weighted by Gasteiger charge is -2.35. The molecule has 2 rings (SSSR count). The Hall–Kier alpha value is -1.51. The predicted octanol–water partition coefficient (Wildman–Crippen LogP) is 1.88. The van der Waals surface area contributed by atoms with Crippen LogP contribution in [0.15, 0.2) is 11.0 Å². The smallest absolute Gasteiger partial charge is 0.292 e. The zero-order valence-electron chi connectivity index (χ0n) is 12.1. The molecule has 2 atom stereocenters. The lowest BCUT2D eigenvalue weighted by molar-refractivity contribution is -0.000787. The largest absolute Gasteiger partial charge is 0.388 e. The number of aromatic nitrogens is 2. The predicted molar refractivity (Wildman–Crippen MR) is 83.4 cm³/mol. The summed E-state index contributed by atoms with van der Waals surface area (Å²) in [5.74, 6) is 2.85. The van der Waals surface area contributed by atoms with Crippen molar-refractivity contribution in [2.24, 2.45) is 5.92 Å². The molecule has 5 nitrogen and oxygen atoms in total. The molecule has 0 aromatic carbocycles. The van der Waals surface area contributed by atoms with Crippen LogP contribution in [0.25, 0.3) is 0 Å². The second-order valence-corrected chi connectivity index (χ2v) is 6.22. The van der Waals surface area contributed by atoms with Gasteiger partial charge in [-0.2, -0.15) is 5.10 Å². The average molecular weight is 310 g/mol. The Bertz CT molecular complexity index is 608. The zero-order valence-corrected chi connectivity index (χ0v) is 12.9. The van der Waals surface area contributed by atoms with E-state index in [1.807, 2.05) is 0 Å². The summed E-state index contributed by atoms with van der Waals surface area (Å²) in [7, 11) is 0. The quantitative estimate of drug-likeness (QED) is 0.833. The number of anilines is 1. The molecule has 1 aromatic rings. The third kappa shape index (κ3) is 3.78. The van der Waals surface area contributed by atoms with Crippen molar-refractivity contribution in [1.29, 1.82) is 0 Å². The van der Waals surface area contributed by atoms with Gasteiger partial charge < -0.3 is 10.4 Å². The number of rotatable bonds is 4. The number of hydrogen-bond donors (Lipinski definition) is 2. The van der Waals surface area contributed by atoms with Crippen LogP contribution < -0.4 is 10.9 Å². The fraction of sp³-hybridized carbons (Fsp3) is 0.600. The molecule has 0 spiro atoms. The number of aliphatic hydroxyl groups is 1. The van der Waals surface area contributed by atoms with Gasteiger partial charge in [0, 0.05) is 6.54 Å². The number of nitrogens with one attached hydrogen (secondary N) is 1. The molecule has 0 radical (unpaired) electrons. The van der Waals surface area contributed by atoms with Gasteiger partial charge in [0.15, 0.2) is 0 Å². The second kappa shape index (κ2) is 6.50. The molecule has 6 heteroatoms. The van der Waals surface area contributed by atoms with Gasteiger partial charge in [-0.3, -0.25) is 4.79 Å². The maximum atomic E-state index is 12.2. The van der Waals surface area contributed by atoms with Gasteiger partial charge in [-0.25, -0.2) is 4.68 Å². The van der Waals surface area contributed by atoms with Gasteiger partial charge >= 0.3 is 0 Å². The Morgan fingerprint density at radius 1 is 1.71 bits per heavy atom. The van der Waals surface area contributed by atoms with Gasteiger partial charge in [0.2, 0.25) is 0 Å². The molecule has 2 N–H and O–H groups in total. The molecule has 1 fully saturated rings. The first-order valence-corrected chi connectivity index (χ1v) is 7.48. The van der Waals surface area contributed by atoms with Gasteiger partial charge in [0.25, 0.3) is 5.56 Å². The monoisotopic (exact) mass is 309 g/mol. The van der Waals surface area contributed by atoms with E-state index < -0.39 is 5.60 Å². The molecule has 1 aliphatic rings. The maximum absolute atomic E-state index is 12.2. The standard InChI is InChI=1S/C15H20ClN3O2/c1-3-7-19-14(20)13(12(16)9-18-19)17-10-15(21)6-4-5-11(2)8-15/h1,9,11,17,21H,4-8,10H2,2H3. The minimum atomic E-state index is -0.798. The topological polar surface area (TPSA) is 67.2 Å². The number of hydrogen-bond acceptors (Lipinski definition) is 4. The van der Waals surface area contributed by atoms with E-state index in [1.54, 1.807) is 0 Å². The van der Waals surface area contributed by atoms with Crippen LogP contribution in [-0.4, -0.2) is 27.0 Å². The molecule has 114 valence electrons. The summed E-state index contributed by atoms with van der Waals surface area (Å²) in [4.78, 5) is 12.2. The highest BCUT2D eigenvalue weighted by Crippen LogP contribution is 2.32. The normalized spacial score (nSPS) is 25.3. The van der Waals surface area contributed by atoms with Crippen molar-refractivity contribution in [3.8, 4) is 12.3 Å². The van der Waals surface area contributed by atoms with Crippen molar-refractivity contribution in [3.63, 3.8) is 0 Å². The highest BCUT2D eigenvalue weighted by atomic mass is 35.5. The Kier molecular flexibility index (Phi) is 4.92. The van der Waals surface area contributed by atoms with Crippen LogP contribution in [0.1, 0.15) is 32.6 Å². The third-order valence-corrected chi connectivity index (χ3v) is 4.19. The molecule has 0 aliphatic heterocycles. The molecule has 0 amide bonds. The van der Waals surface area contributed by atoms with Crippen molar-refractivity contribution in [2.45, 2.75) is 44.8 Å². The van der Waals surface area contributed by atoms with Crippen LogP contribution in [-0.2, 0) is 6.54 Å². The molecule has 21 heavy (non-hydrogen) atoms. The Morgan fingerprint density at radius 2 is 2.48 bits per heavy atom. The summed E-state index contributed by atoms with van der Waals surface area (Å²) < 4.78 is 1.17. The van der Waals surface area contributed by atoms with Crippen LogP contribution in [0.3, 0.4) is 0 Å². The molecule has 1 aromatic heterocycles. The molecule has 1 saturated carbocycles. The molecular formula is C15H20ClN3O2. The highest BCUT2D eigenvalue weighted by molar-refractivity contribution is 6.33. The summed E-state index contributed by atoms with van der Waals surface area (Å²) in [6.07, 6.45) is 10.2. The summed E-state index contributed by atoms with van der Waals surface area (Å²) in [5, 5.41) is 17.7. The second-order valence-electron chi connectivity index (χ2n) is 5.81. The molecule has 0 saturated heterocycles. The number of halogens is 1. The minimum absolute atomic E-state index is 0.0893. The first-order chi connectivity index (χ1) is 9.95. The number of terminal acetylenes is 1. The zero-order chi connectivity index (χ0) is 15.5. The molecule has 2 unspecified atom stereocenters. The number of nitrogens with zero attached hydrogens (tertiary/aromatic N) is 2. The summed E-state index contributed by atoms with van der Waals surface area (Å²) in [6, 6.07) is 0. The van der Waals surface area contributed by atoms with E-state index in [-0.39, 0.29) is 22.8 Å². The molecule has 1 heterocycles. The van der Waals surface area contributed by atoms with Crippen molar-refractivity contribution in [1.82, 2.24) is 9.78 Å². The van der Waals surface area contributed by atoms with E-state index in [1.165, 1.54) is 10.9 Å². The maximum Gasteiger partial charge on any atom is 0.292 e. The van der Waals surface area contributed by atoms with Gasteiger partial charge in [0.1, 0.15) is 12.2 Å². The fourth-order valence-corrected chi connectivity index (χ4v) is 3.06. The van der Waals surface area contributed by atoms with Gasteiger partial charge in [-0.15, -0.1) is 6.42 Å². The Morgan fingerprint density at radius 3 is 3.14 bits per heavy atom. The SMILES string of the molecule is C#CCn1ncc(Cl)c(NCC2(O)CCCC(C)C2)c1=O. The summed E-state index contributed by atoms with van der Waals surface area (Å²) in [6.45, 7) is 2.52. The van der Waals surface area contributed by atoms with E-state index in [2.05, 4.69) is 23.3 Å².